The zero-order valence-corrected chi connectivity index (χ0v) is 10.9. The Balaban J connectivity index is 2.13. The van der Waals surface area contributed by atoms with Crippen LogP contribution in [0, 0.1) is 13.8 Å². The van der Waals surface area contributed by atoms with Gasteiger partial charge in [0, 0.05) is 5.56 Å². The molecule has 18 heavy (non-hydrogen) atoms. The highest BCUT2D eigenvalue weighted by molar-refractivity contribution is 5.96. The third kappa shape index (κ3) is 2.64. The van der Waals surface area contributed by atoms with Crippen molar-refractivity contribution in [2.24, 2.45) is 0 Å². The molecule has 0 unspecified atom stereocenters. The fourth-order valence-electron chi connectivity index (χ4n) is 2.31. The number of carbonyl (C=O) groups excluding carboxylic acids is 1. The van der Waals surface area contributed by atoms with E-state index in [2.05, 4.69) is 10.6 Å². The Morgan fingerprint density at radius 2 is 2.17 bits per heavy atom. The van der Waals surface area contributed by atoms with E-state index in [0.717, 1.165) is 42.6 Å². The molecule has 1 amide bonds. The lowest BCUT2D eigenvalue weighted by Gasteiger charge is -2.23. The number of phenols is 1. The number of hydrogen-bond donors (Lipinski definition) is 3. The predicted molar refractivity (Wildman–Crippen MR) is 71.9 cm³/mol. The number of benzene rings is 1. The van der Waals surface area contributed by atoms with Crippen LogP contribution in [-0.4, -0.2) is 23.6 Å². The number of phenolic OH excluding ortho intramolecular Hbond substituents is 1. The van der Waals surface area contributed by atoms with E-state index < -0.39 is 0 Å². The molecule has 0 saturated carbocycles. The Labute approximate surface area is 107 Å². The van der Waals surface area contributed by atoms with Gasteiger partial charge in [-0.3, -0.25) is 4.79 Å². The SMILES string of the molecule is Cc1ccc(O)c(C)c1NC(=O)[C@H]1CCCCN1. The number of hydrogen-bond acceptors (Lipinski definition) is 3. The van der Waals surface area contributed by atoms with E-state index >= 15 is 0 Å². The third-order valence-corrected chi connectivity index (χ3v) is 3.52. The van der Waals surface area contributed by atoms with E-state index in [1.807, 2.05) is 19.9 Å². The van der Waals surface area contributed by atoms with E-state index in [1.54, 1.807) is 6.07 Å². The van der Waals surface area contributed by atoms with Gasteiger partial charge in [0.25, 0.3) is 0 Å². The summed E-state index contributed by atoms with van der Waals surface area (Å²) in [4.78, 5) is 12.1. The lowest BCUT2D eigenvalue weighted by molar-refractivity contribution is -0.118. The second-order valence-corrected chi connectivity index (χ2v) is 4.89. The molecule has 1 aliphatic heterocycles. The summed E-state index contributed by atoms with van der Waals surface area (Å²) >= 11 is 0. The van der Waals surface area contributed by atoms with Gasteiger partial charge in [-0.2, -0.15) is 0 Å². The molecule has 4 nitrogen and oxygen atoms in total. The van der Waals surface area contributed by atoms with Crippen LogP contribution in [0.4, 0.5) is 5.69 Å². The standard InChI is InChI=1S/C14H20N2O2/c1-9-6-7-12(17)10(2)13(9)16-14(18)11-5-3-4-8-15-11/h6-7,11,15,17H,3-5,8H2,1-2H3,(H,16,18)/t11-/m1/s1. The summed E-state index contributed by atoms with van der Waals surface area (Å²) in [6.45, 7) is 4.64. The Kier molecular flexibility index (Phi) is 3.87. The molecule has 1 aromatic rings. The molecule has 1 heterocycles. The van der Waals surface area contributed by atoms with Crippen LogP contribution in [0.2, 0.25) is 0 Å². The molecule has 0 radical (unpaired) electrons. The predicted octanol–water partition coefficient (Wildman–Crippen LogP) is 2.09. The molecular weight excluding hydrogens is 228 g/mol. The summed E-state index contributed by atoms with van der Waals surface area (Å²) in [7, 11) is 0. The number of rotatable bonds is 2. The number of nitrogens with one attached hydrogen (secondary N) is 2. The molecule has 0 aromatic heterocycles. The Morgan fingerprint density at radius 3 is 2.83 bits per heavy atom. The Bertz CT molecular complexity index is 451. The summed E-state index contributed by atoms with van der Waals surface area (Å²) < 4.78 is 0. The van der Waals surface area contributed by atoms with Gasteiger partial charge >= 0.3 is 0 Å². The number of aromatic hydroxyl groups is 1. The van der Waals surface area contributed by atoms with Crippen LogP contribution >= 0.6 is 0 Å². The second kappa shape index (κ2) is 5.40. The Morgan fingerprint density at radius 1 is 1.39 bits per heavy atom. The molecule has 4 heteroatoms. The highest BCUT2D eigenvalue weighted by atomic mass is 16.3. The quantitative estimate of drug-likeness (QED) is 0.751. The maximum Gasteiger partial charge on any atom is 0.241 e. The zero-order chi connectivity index (χ0) is 13.1. The van der Waals surface area contributed by atoms with Crippen molar-refractivity contribution in [1.29, 1.82) is 0 Å². The first-order chi connectivity index (χ1) is 8.59. The van der Waals surface area contributed by atoms with E-state index in [4.69, 9.17) is 0 Å². The number of piperidine rings is 1. The number of aryl methyl sites for hydroxylation is 1. The Hall–Kier alpha value is -1.55. The molecule has 0 spiro atoms. The fourth-order valence-corrected chi connectivity index (χ4v) is 2.31. The lowest BCUT2D eigenvalue weighted by Crippen LogP contribution is -2.43. The minimum absolute atomic E-state index is 0.00787. The molecular formula is C14H20N2O2. The van der Waals surface area contributed by atoms with Crippen LogP contribution < -0.4 is 10.6 Å². The highest BCUT2D eigenvalue weighted by Gasteiger charge is 2.21. The van der Waals surface area contributed by atoms with Crippen LogP contribution in [0.15, 0.2) is 12.1 Å². The van der Waals surface area contributed by atoms with Gasteiger partial charge < -0.3 is 15.7 Å². The van der Waals surface area contributed by atoms with Gasteiger partial charge in [-0.05, 0) is 44.9 Å². The van der Waals surface area contributed by atoms with Gasteiger partial charge in [0.15, 0.2) is 0 Å². The first-order valence-corrected chi connectivity index (χ1v) is 6.43. The lowest BCUT2D eigenvalue weighted by atomic mass is 10.0. The molecule has 1 aliphatic rings. The average Bonchev–Trinajstić information content (AvgIpc) is 2.40. The molecule has 1 fully saturated rings. The smallest absolute Gasteiger partial charge is 0.241 e. The molecule has 0 bridgehead atoms. The van der Waals surface area contributed by atoms with Crippen LogP contribution in [0.25, 0.3) is 0 Å². The van der Waals surface area contributed by atoms with Crippen molar-refractivity contribution in [1.82, 2.24) is 5.32 Å². The van der Waals surface area contributed by atoms with Gasteiger partial charge in [0.1, 0.15) is 5.75 Å². The summed E-state index contributed by atoms with van der Waals surface area (Å²) in [6.07, 6.45) is 3.10. The van der Waals surface area contributed by atoms with Gasteiger partial charge in [0.2, 0.25) is 5.91 Å². The molecule has 1 atom stereocenters. The van der Waals surface area contributed by atoms with Crippen LogP contribution in [-0.2, 0) is 4.79 Å². The van der Waals surface area contributed by atoms with Gasteiger partial charge in [0.05, 0.1) is 11.7 Å². The molecule has 1 aromatic carbocycles. The highest BCUT2D eigenvalue weighted by Crippen LogP contribution is 2.28. The molecule has 3 N–H and O–H groups in total. The number of carbonyl (C=O) groups is 1. The van der Waals surface area contributed by atoms with Crippen molar-refractivity contribution in [3.05, 3.63) is 23.3 Å². The normalized spacial score (nSPS) is 19.6. The monoisotopic (exact) mass is 248 g/mol. The third-order valence-electron chi connectivity index (χ3n) is 3.52. The second-order valence-electron chi connectivity index (χ2n) is 4.89. The molecule has 0 aliphatic carbocycles. The summed E-state index contributed by atoms with van der Waals surface area (Å²) in [5, 5.41) is 15.8. The maximum atomic E-state index is 12.1. The van der Waals surface area contributed by atoms with E-state index in [9.17, 15) is 9.90 Å². The van der Waals surface area contributed by atoms with E-state index in [0.29, 0.717) is 0 Å². The van der Waals surface area contributed by atoms with E-state index in [-0.39, 0.29) is 17.7 Å². The van der Waals surface area contributed by atoms with Crippen molar-refractivity contribution in [3.8, 4) is 5.75 Å². The molecule has 1 saturated heterocycles. The number of amides is 1. The van der Waals surface area contributed by atoms with Crippen molar-refractivity contribution in [2.75, 3.05) is 11.9 Å². The van der Waals surface area contributed by atoms with Gasteiger partial charge in [-0.1, -0.05) is 12.5 Å². The van der Waals surface area contributed by atoms with Crippen LogP contribution in [0.5, 0.6) is 5.75 Å². The van der Waals surface area contributed by atoms with Crippen molar-refractivity contribution >= 4 is 11.6 Å². The largest absolute Gasteiger partial charge is 0.508 e. The zero-order valence-electron chi connectivity index (χ0n) is 10.9. The minimum Gasteiger partial charge on any atom is -0.508 e. The van der Waals surface area contributed by atoms with Crippen LogP contribution in [0.3, 0.4) is 0 Å². The van der Waals surface area contributed by atoms with Crippen LogP contribution in [0.1, 0.15) is 30.4 Å². The average molecular weight is 248 g/mol. The summed E-state index contributed by atoms with van der Waals surface area (Å²) in [6, 6.07) is 3.35. The number of anilines is 1. The van der Waals surface area contributed by atoms with Crippen molar-refractivity contribution < 1.29 is 9.90 Å². The van der Waals surface area contributed by atoms with Gasteiger partial charge in [-0.15, -0.1) is 0 Å². The summed E-state index contributed by atoms with van der Waals surface area (Å²) in [5.74, 6) is 0.207. The maximum absolute atomic E-state index is 12.1. The van der Waals surface area contributed by atoms with Crippen molar-refractivity contribution in [2.45, 2.75) is 39.2 Å². The van der Waals surface area contributed by atoms with Gasteiger partial charge in [-0.25, -0.2) is 0 Å². The molecule has 98 valence electrons. The minimum atomic E-state index is -0.111. The first kappa shape index (κ1) is 12.9. The topological polar surface area (TPSA) is 61.4 Å². The fraction of sp³-hybridized carbons (Fsp3) is 0.500. The molecule has 2 rings (SSSR count). The van der Waals surface area contributed by atoms with E-state index in [1.165, 1.54) is 0 Å². The summed E-state index contributed by atoms with van der Waals surface area (Å²) in [5.41, 5.74) is 2.42. The first-order valence-electron chi connectivity index (χ1n) is 6.43. The van der Waals surface area contributed by atoms with Crippen molar-refractivity contribution in [3.63, 3.8) is 0 Å².